The van der Waals surface area contributed by atoms with Crippen molar-refractivity contribution >= 4 is 0 Å². The molecule has 5 heteroatoms. The van der Waals surface area contributed by atoms with E-state index in [-0.39, 0.29) is 6.61 Å². The second-order valence-corrected chi connectivity index (χ2v) is 5.17. The molecule has 0 heterocycles. The third-order valence-electron chi connectivity index (χ3n) is 3.04. The van der Waals surface area contributed by atoms with Gasteiger partial charge in [0, 0.05) is 0 Å². The molecule has 22 heavy (non-hydrogen) atoms. The molecule has 0 aliphatic carbocycles. The molecule has 0 aromatic carbocycles. The number of rotatable bonds is 18. The smallest absolute Gasteiger partial charge is 0.0704 e. The Morgan fingerprint density at radius 3 is 1.86 bits per heavy atom. The van der Waals surface area contributed by atoms with Crippen LogP contribution in [0.4, 0.5) is 0 Å². The SMILES string of the molecule is C=C(CCCCCC)COCCOCCOCCOCCO. The Kier molecular flexibility index (Phi) is 18.2. The van der Waals surface area contributed by atoms with E-state index in [1.807, 2.05) is 0 Å². The average Bonchev–Trinajstić information content (AvgIpc) is 2.52. The van der Waals surface area contributed by atoms with Gasteiger partial charge < -0.3 is 24.1 Å². The van der Waals surface area contributed by atoms with Gasteiger partial charge in [0.15, 0.2) is 0 Å². The van der Waals surface area contributed by atoms with Gasteiger partial charge in [-0.05, 0) is 12.8 Å². The molecule has 0 aliphatic heterocycles. The Morgan fingerprint density at radius 2 is 1.32 bits per heavy atom. The molecule has 0 unspecified atom stereocenters. The van der Waals surface area contributed by atoms with Gasteiger partial charge in [-0.2, -0.15) is 0 Å². The van der Waals surface area contributed by atoms with Crippen molar-refractivity contribution in [1.29, 1.82) is 0 Å². The number of hydrogen-bond donors (Lipinski definition) is 1. The molecule has 0 rings (SSSR count). The van der Waals surface area contributed by atoms with E-state index in [1.54, 1.807) is 0 Å². The summed E-state index contributed by atoms with van der Waals surface area (Å²) >= 11 is 0. The van der Waals surface area contributed by atoms with Gasteiger partial charge in [0.1, 0.15) is 0 Å². The monoisotopic (exact) mass is 318 g/mol. The maximum atomic E-state index is 8.51. The van der Waals surface area contributed by atoms with E-state index in [4.69, 9.17) is 24.1 Å². The van der Waals surface area contributed by atoms with Gasteiger partial charge in [-0.15, -0.1) is 0 Å². The molecule has 0 radical (unpaired) electrons. The van der Waals surface area contributed by atoms with Crippen molar-refractivity contribution in [3.63, 3.8) is 0 Å². The minimum absolute atomic E-state index is 0.0499. The molecule has 0 aromatic heterocycles. The summed E-state index contributed by atoms with van der Waals surface area (Å²) < 4.78 is 21.3. The number of hydrogen-bond acceptors (Lipinski definition) is 5. The van der Waals surface area contributed by atoms with E-state index in [0.29, 0.717) is 52.9 Å². The summed E-state index contributed by atoms with van der Waals surface area (Å²) in [7, 11) is 0. The lowest BCUT2D eigenvalue weighted by Gasteiger charge is -2.08. The molecule has 5 nitrogen and oxygen atoms in total. The molecule has 0 bridgehead atoms. The maximum Gasteiger partial charge on any atom is 0.0704 e. The van der Waals surface area contributed by atoms with E-state index in [2.05, 4.69) is 13.5 Å². The highest BCUT2D eigenvalue weighted by molar-refractivity contribution is 4.93. The van der Waals surface area contributed by atoms with Crippen LogP contribution >= 0.6 is 0 Å². The molecular formula is C17H34O5. The lowest BCUT2D eigenvalue weighted by atomic mass is 10.1. The molecule has 0 aromatic rings. The highest BCUT2D eigenvalue weighted by atomic mass is 16.6. The number of unbranched alkanes of at least 4 members (excludes halogenated alkanes) is 3. The molecular weight excluding hydrogens is 284 g/mol. The number of aliphatic hydroxyl groups excluding tert-OH is 1. The van der Waals surface area contributed by atoms with Crippen molar-refractivity contribution in [2.24, 2.45) is 0 Å². The number of aliphatic hydroxyl groups is 1. The third-order valence-corrected chi connectivity index (χ3v) is 3.04. The second-order valence-electron chi connectivity index (χ2n) is 5.17. The van der Waals surface area contributed by atoms with Gasteiger partial charge in [-0.3, -0.25) is 0 Å². The van der Waals surface area contributed by atoms with Crippen molar-refractivity contribution in [1.82, 2.24) is 0 Å². The largest absolute Gasteiger partial charge is 0.394 e. The molecule has 0 saturated carbocycles. The van der Waals surface area contributed by atoms with Gasteiger partial charge in [0.2, 0.25) is 0 Å². The van der Waals surface area contributed by atoms with E-state index in [9.17, 15) is 0 Å². The topological polar surface area (TPSA) is 57.2 Å². The molecule has 0 amide bonds. The van der Waals surface area contributed by atoms with Gasteiger partial charge in [-0.25, -0.2) is 0 Å². The Balaban J connectivity index is 3.08. The Morgan fingerprint density at radius 1 is 0.773 bits per heavy atom. The van der Waals surface area contributed by atoms with Crippen molar-refractivity contribution in [3.05, 3.63) is 12.2 Å². The van der Waals surface area contributed by atoms with Crippen molar-refractivity contribution in [2.75, 3.05) is 59.5 Å². The first-order chi connectivity index (χ1) is 10.8. The van der Waals surface area contributed by atoms with Crippen LogP contribution in [0.25, 0.3) is 0 Å². The fourth-order valence-electron chi connectivity index (χ4n) is 1.81. The summed E-state index contributed by atoms with van der Waals surface area (Å²) in [6.45, 7) is 10.6. The first-order valence-corrected chi connectivity index (χ1v) is 8.39. The molecule has 0 fully saturated rings. The lowest BCUT2D eigenvalue weighted by molar-refractivity contribution is -0.00377. The highest BCUT2D eigenvalue weighted by Gasteiger charge is 1.96. The minimum Gasteiger partial charge on any atom is -0.394 e. The van der Waals surface area contributed by atoms with Crippen LogP contribution in [0.1, 0.15) is 39.0 Å². The average molecular weight is 318 g/mol. The molecule has 1 N–H and O–H groups in total. The van der Waals surface area contributed by atoms with Crippen LogP contribution in [0.15, 0.2) is 12.2 Å². The third kappa shape index (κ3) is 17.6. The van der Waals surface area contributed by atoms with E-state index < -0.39 is 0 Å². The van der Waals surface area contributed by atoms with Gasteiger partial charge in [-0.1, -0.05) is 38.3 Å². The normalized spacial score (nSPS) is 11.0. The predicted octanol–water partition coefficient (Wildman–Crippen LogP) is 2.57. The fraction of sp³-hybridized carbons (Fsp3) is 0.882. The predicted molar refractivity (Wildman–Crippen MR) is 88.3 cm³/mol. The summed E-state index contributed by atoms with van der Waals surface area (Å²) in [5.41, 5.74) is 1.17. The first kappa shape index (κ1) is 21.5. The Bertz CT molecular complexity index is 233. The molecule has 0 aliphatic rings. The van der Waals surface area contributed by atoms with Gasteiger partial charge >= 0.3 is 0 Å². The second kappa shape index (κ2) is 18.6. The highest BCUT2D eigenvalue weighted by Crippen LogP contribution is 2.08. The van der Waals surface area contributed by atoms with Gasteiger partial charge in [0.05, 0.1) is 59.5 Å². The Hall–Kier alpha value is -0.460. The summed E-state index contributed by atoms with van der Waals surface area (Å²) in [6, 6.07) is 0. The lowest BCUT2D eigenvalue weighted by Crippen LogP contribution is -2.13. The molecule has 0 atom stereocenters. The summed E-state index contributed by atoms with van der Waals surface area (Å²) in [5.74, 6) is 0. The van der Waals surface area contributed by atoms with Crippen molar-refractivity contribution in [3.8, 4) is 0 Å². The van der Waals surface area contributed by atoms with Crippen molar-refractivity contribution in [2.45, 2.75) is 39.0 Å². The Labute approximate surface area is 135 Å². The van der Waals surface area contributed by atoms with Crippen LogP contribution in [-0.4, -0.2) is 64.6 Å². The zero-order valence-corrected chi connectivity index (χ0v) is 14.2. The summed E-state index contributed by atoms with van der Waals surface area (Å²) in [4.78, 5) is 0. The van der Waals surface area contributed by atoms with E-state index in [0.717, 1.165) is 6.42 Å². The fourth-order valence-corrected chi connectivity index (χ4v) is 1.81. The first-order valence-electron chi connectivity index (χ1n) is 8.39. The van der Waals surface area contributed by atoms with Crippen LogP contribution in [0, 0.1) is 0 Å². The summed E-state index contributed by atoms with van der Waals surface area (Å²) in [5, 5.41) is 8.51. The zero-order chi connectivity index (χ0) is 16.3. The molecule has 132 valence electrons. The van der Waals surface area contributed by atoms with Crippen LogP contribution in [0.5, 0.6) is 0 Å². The minimum atomic E-state index is 0.0499. The van der Waals surface area contributed by atoms with E-state index >= 15 is 0 Å². The van der Waals surface area contributed by atoms with Gasteiger partial charge in [0.25, 0.3) is 0 Å². The summed E-state index contributed by atoms with van der Waals surface area (Å²) in [6.07, 6.45) is 6.12. The van der Waals surface area contributed by atoms with Crippen LogP contribution in [-0.2, 0) is 18.9 Å². The zero-order valence-electron chi connectivity index (χ0n) is 14.2. The molecule has 0 saturated heterocycles. The maximum absolute atomic E-state index is 8.51. The quantitative estimate of drug-likeness (QED) is 0.311. The van der Waals surface area contributed by atoms with Crippen LogP contribution < -0.4 is 0 Å². The standard InChI is InChI=1S/C17H34O5/c1-3-4-5-6-7-17(2)16-22-15-14-21-13-12-20-11-10-19-9-8-18/h18H,2-16H2,1H3. The van der Waals surface area contributed by atoms with E-state index in [1.165, 1.54) is 31.3 Å². The van der Waals surface area contributed by atoms with Crippen LogP contribution in [0.3, 0.4) is 0 Å². The number of ether oxygens (including phenoxy) is 4. The van der Waals surface area contributed by atoms with Crippen LogP contribution in [0.2, 0.25) is 0 Å². The molecule has 0 spiro atoms. The van der Waals surface area contributed by atoms with Crippen molar-refractivity contribution < 1.29 is 24.1 Å².